The summed E-state index contributed by atoms with van der Waals surface area (Å²) >= 11 is 0. The van der Waals surface area contributed by atoms with Crippen LogP contribution < -0.4 is 10.1 Å². The van der Waals surface area contributed by atoms with Gasteiger partial charge in [-0.25, -0.2) is 0 Å². The Labute approximate surface area is 144 Å². The van der Waals surface area contributed by atoms with Crippen LogP contribution >= 0.6 is 0 Å². The van der Waals surface area contributed by atoms with Gasteiger partial charge in [-0.05, 0) is 30.7 Å². The van der Waals surface area contributed by atoms with Crippen molar-refractivity contribution < 1.29 is 9.53 Å². The quantitative estimate of drug-likeness (QED) is 0.799. The molecule has 1 aliphatic carbocycles. The number of amides is 1. The lowest BCUT2D eigenvalue weighted by atomic mass is 10.1. The molecule has 0 spiro atoms. The monoisotopic (exact) mass is 325 g/mol. The number of ether oxygens (including phenoxy) is 1. The average Bonchev–Trinajstić information content (AvgIpc) is 2.88. The molecule has 1 saturated carbocycles. The van der Waals surface area contributed by atoms with Crippen LogP contribution in [0, 0.1) is 0 Å². The number of benzene rings is 2. The lowest BCUT2D eigenvalue weighted by Gasteiger charge is -2.22. The zero-order chi connectivity index (χ0) is 16.8. The Kier molecular flexibility index (Phi) is 5.73. The van der Waals surface area contributed by atoms with E-state index in [1.165, 1.54) is 25.7 Å². The summed E-state index contributed by atoms with van der Waals surface area (Å²) in [6, 6.07) is 14.4. The second-order valence-electron chi connectivity index (χ2n) is 6.69. The van der Waals surface area contributed by atoms with Gasteiger partial charge < -0.3 is 10.1 Å². The van der Waals surface area contributed by atoms with Crippen molar-refractivity contribution in [3.8, 4) is 5.75 Å². The molecular formula is C21H27NO2. The van der Waals surface area contributed by atoms with Crippen LogP contribution in [0.1, 0.15) is 51.9 Å². The number of rotatable bonds is 5. The smallest absolute Gasteiger partial charge is 0.261 e. The molecule has 128 valence electrons. The fourth-order valence-corrected chi connectivity index (χ4v) is 3.49. The van der Waals surface area contributed by atoms with E-state index in [1.807, 2.05) is 37.3 Å². The lowest BCUT2D eigenvalue weighted by molar-refractivity contribution is -0.128. The van der Waals surface area contributed by atoms with Crippen LogP contribution in [0.15, 0.2) is 42.5 Å². The molecule has 2 aromatic carbocycles. The highest BCUT2D eigenvalue weighted by Gasteiger charge is 2.22. The van der Waals surface area contributed by atoms with Gasteiger partial charge in [-0.3, -0.25) is 4.79 Å². The zero-order valence-electron chi connectivity index (χ0n) is 14.5. The van der Waals surface area contributed by atoms with Gasteiger partial charge in [0.05, 0.1) is 0 Å². The Balaban J connectivity index is 1.70. The van der Waals surface area contributed by atoms with E-state index in [-0.39, 0.29) is 5.91 Å². The van der Waals surface area contributed by atoms with Gasteiger partial charge >= 0.3 is 0 Å². The summed E-state index contributed by atoms with van der Waals surface area (Å²) in [6.07, 6.45) is 7.43. The van der Waals surface area contributed by atoms with Gasteiger partial charge in [-0.1, -0.05) is 69.0 Å². The van der Waals surface area contributed by atoms with Crippen molar-refractivity contribution in [2.24, 2.45) is 0 Å². The van der Waals surface area contributed by atoms with Gasteiger partial charge in [-0.15, -0.1) is 0 Å². The number of fused-ring (bicyclic) bond motifs is 1. The maximum absolute atomic E-state index is 12.7. The Bertz CT molecular complexity index is 669. The van der Waals surface area contributed by atoms with Crippen molar-refractivity contribution in [2.45, 2.75) is 64.0 Å². The summed E-state index contributed by atoms with van der Waals surface area (Å²) < 4.78 is 6.10. The molecule has 0 aliphatic heterocycles. The molecule has 0 saturated heterocycles. The maximum atomic E-state index is 12.7. The number of hydrogen-bond acceptors (Lipinski definition) is 2. The second kappa shape index (κ2) is 8.18. The molecule has 0 heterocycles. The number of carbonyl (C=O) groups excluding carboxylic acids is 1. The van der Waals surface area contributed by atoms with E-state index in [0.717, 1.165) is 29.4 Å². The largest absolute Gasteiger partial charge is 0.480 e. The molecule has 2 aromatic rings. The van der Waals surface area contributed by atoms with Crippen molar-refractivity contribution >= 4 is 16.7 Å². The predicted molar refractivity (Wildman–Crippen MR) is 98.3 cm³/mol. The fourth-order valence-electron chi connectivity index (χ4n) is 3.49. The Morgan fingerprint density at radius 2 is 1.79 bits per heavy atom. The van der Waals surface area contributed by atoms with Crippen LogP contribution in [-0.2, 0) is 4.79 Å². The van der Waals surface area contributed by atoms with Crippen molar-refractivity contribution in [1.82, 2.24) is 5.32 Å². The van der Waals surface area contributed by atoms with E-state index >= 15 is 0 Å². The highest BCUT2D eigenvalue weighted by molar-refractivity contribution is 5.89. The van der Waals surface area contributed by atoms with E-state index in [4.69, 9.17) is 4.74 Å². The number of hydrogen-bond donors (Lipinski definition) is 1. The van der Waals surface area contributed by atoms with Crippen molar-refractivity contribution in [3.05, 3.63) is 42.5 Å². The van der Waals surface area contributed by atoms with Gasteiger partial charge in [0.25, 0.3) is 5.91 Å². The predicted octanol–water partition coefficient (Wildman–Crippen LogP) is 4.84. The summed E-state index contributed by atoms with van der Waals surface area (Å²) in [6.45, 7) is 2.00. The van der Waals surface area contributed by atoms with E-state index in [1.54, 1.807) is 0 Å². The van der Waals surface area contributed by atoms with Gasteiger partial charge in [0, 0.05) is 11.4 Å². The van der Waals surface area contributed by atoms with Crippen molar-refractivity contribution in [3.63, 3.8) is 0 Å². The molecule has 24 heavy (non-hydrogen) atoms. The van der Waals surface area contributed by atoms with Gasteiger partial charge in [0.1, 0.15) is 5.75 Å². The van der Waals surface area contributed by atoms with E-state index in [9.17, 15) is 4.79 Å². The van der Waals surface area contributed by atoms with Gasteiger partial charge in [0.15, 0.2) is 6.10 Å². The van der Waals surface area contributed by atoms with Crippen LogP contribution in [0.2, 0.25) is 0 Å². The molecule has 1 atom stereocenters. The zero-order valence-corrected chi connectivity index (χ0v) is 14.5. The van der Waals surface area contributed by atoms with Gasteiger partial charge in [0.2, 0.25) is 0 Å². The van der Waals surface area contributed by atoms with Crippen molar-refractivity contribution in [2.75, 3.05) is 0 Å². The third kappa shape index (κ3) is 4.08. The van der Waals surface area contributed by atoms with E-state index in [2.05, 4.69) is 17.4 Å². The molecule has 3 rings (SSSR count). The Hall–Kier alpha value is -2.03. The summed E-state index contributed by atoms with van der Waals surface area (Å²) in [5, 5.41) is 5.40. The third-order valence-electron chi connectivity index (χ3n) is 4.88. The molecule has 0 unspecified atom stereocenters. The molecule has 0 bridgehead atoms. The minimum Gasteiger partial charge on any atom is -0.480 e. The second-order valence-corrected chi connectivity index (χ2v) is 6.69. The molecule has 3 heteroatoms. The highest BCUT2D eigenvalue weighted by atomic mass is 16.5. The summed E-state index contributed by atoms with van der Waals surface area (Å²) in [4.78, 5) is 12.7. The molecule has 1 aliphatic rings. The van der Waals surface area contributed by atoms with Crippen LogP contribution in [-0.4, -0.2) is 18.1 Å². The molecule has 1 N–H and O–H groups in total. The minimum atomic E-state index is -0.431. The normalized spacial score (nSPS) is 17.2. The summed E-state index contributed by atoms with van der Waals surface area (Å²) in [5.41, 5.74) is 0. The first kappa shape index (κ1) is 16.8. The van der Waals surface area contributed by atoms with Crippen LogP contribution in [0.4, 0.5) is 0 Å². The lowest BCUT2D eigenvalue weighted by Crippen LogP contribution is -2.43. The first-order chi connectivity index (χ1) is 11.8. The molecule has 0 radical (unpaired) electrons. The maximum Gasteiger partial charge on any atom is 0.261 e. The topological polar surface area (TPSA) is 38.3 Å². The molecule has 1 amide bonds. The standard InChI is InChI=1S/C21H27NO2/c1-2-19(21(23)22-17-12-5-3-4-6-13-17)24-20-15-9-11-16-10-7-8-14-18(16)20/h7-11,14-15,17,19H,2-6,12-13H2,1H3,(H,22,23)/t19-/m0/s1. The highest BCUT2D eigenvalue weighted by Crippen LogP contribution is 2.26. The van der Waals surface area contributed by atoms with Crippen LogP contribution in [0.3, 0.4) is 0 Å². The molecule has 3 nitrogen and oxygen atoms in total. The minimum absolute atomic E-state index is 0.0253. The first-order valence-corrected chi connectivity index (χ1v) is 9.22. The summed E-state index contributed by atoms with van der Waals surface area (Å²) in [5.74, 6) is 0.813. The fraction of sp³-hybridized carbons (Fsp3) is 0.476. The van der Waals surface area contributed by atoms with E-state index in [0.29, 0.717) is 12.5 Å². The van der Waals surface area contributed by atoms with Crippen LogP contribution in [0.5, 0.6) is 5.75 Å². The first-order valence-electron chi connectivity index (χ1n) is 9.22. The van der Waals surface area contributed by atoms with E-state index < -0.39 is 6.10 Å². The molecular weight excluding hydrogens is 298 g/mol. The Morgan fingerprint density at radius 3 is 2.54 bits per heavy atom. The molecule has 0 aromatic heterocycles. The van der Waals surface area contributed by atoms with Crippen molar-refractivity contribution in [1.29, 1.82) is 0 Å². The molecule has 1 fully saturated rings. The number of nitrogens with one attached hydrogen (secondary N) is 1. The van der Waals surface area contributed by atoms with Gasteiger partial charge in [-0.2, -0.15) is 0 Å². The SMILES string of the molecule is CC[C@H](Oc1cccc2ccccc12)C(=O)NC1CCCCCC1. The Morgan fingerprint density at radius 1 is 1.08 bits per heavy atom. The third-order valence-corrected chi connectivity index (χ3v) is 4.88. The average molecular weight is 325 g/mol. The summed E-state index contributed by atoms with van der Waals surface area (Å²) in [7, 11) is 0. The number of carbonyl (C=O) groups is 1. The van der Waals surface area contributed by atoms with Crippen LogP contribution in [0.25, 0.3) is 10.8 Å².